The number of benzene rings is 1. The highest BCUT2D eigenvalue weighted by atomic mass is 16.2. The summed E-state index contributed by atoms with van der Waals surface area (Å²) in [5.41, 5.74) is 1.81. The molecule has 2 rings (SSSR count). The third-order valence-corrected chi connectivity index (χ3v) is 5.18. The van der Waals surface area contributed by atoms with Crippen LogP contribution in [0, 0.1) is 5.92 Å². The first-order valence-electron chi connectivity index (χ1n) is 10.4. The molecule has 1 aliphatic carbocycles. The van der Waals surface area contributed by atoms with Gasteiger partial charge in [-0.05, 0) is 37.0 Å². The molecule has 0 aromatic heterocycles. The summed E-state index contributed by atoms with van der Waals surface area (Å²) in [5, 5.41) is 6.75. The van der Waals surface area contributed by atoms with Gasteiger partial charge >= 0.3 is 0 Å². The van der Waals surface area contributed by atoms with Crippen LogP contribution in [0.3, 0.4) is 0 Å². The SMILES string of the molecule is CCNC(=NCc1ccc(C(=O)N(C)C)cc1)NCCCCC1CCCC1. The van der Waals surface area contributed by atoms with Gasteiger partial charge in [0.05, 0.1) is 6.54 Å². The van der Waals surface area contributed by atoms with Crippen molar-refractivity contribution in [1.82, 2.24) is 15.5 Å². The van der Waals surface area contributed by atoms with Crippen molar-refractivity contribution in [3.8, 4) is 0 Å². The van der Waals surface area contributed by atoms with E-state index < -0.39 is 0 Å². The third-order valence-electron chi connectivity index (χ3n) is 5.18. The fourth-order valence-corrected chi connectivity index (χ4v) is 3.59. The number of nitrogens with one attached hydrogen (secondary N) is 2. The van der Waals surface area contributed by atoms with Crippen LogP contribution in [0.25, 0.3) is 0 Å². The lowest BCUT2D eigenvalue weighted by Crippen LogP contribution is -2.37. The first-order valence-corrected chi connectivity index (χ1v) is 10.4. The van der Waals surface area contributed by atoms with Crippen molar-refractivity contribution in [2.75, 3.05) is 27.2 Å². The zero-order valence-electron chi connectivity index (χ0n) is 17.3. The van der Waals surface area contributed by atoms with E-state index in [1.165, 1.54) is 44.9 Å². The van der Waals surface area contributed by atoms with Crippen LogP contribution >= 0.6 is 0 Å². The summed E-state index contributed by atoms with van der Waals surface area (Å²) in [6, 6.07) is 7.70. The van der Waals surface area contributed by atoms with Gasteiger partial charge in [0.25, 0.3) is 5.91 Å². The molecule has 0 heterocycles. The molecule has 0 spiro atoms. The van der Waals surface area contributed by atoms with Gasteiger partial charge in [-0.2, -0.15) is 0 Å². The van der Waals surface area contributed by atoms with Gasteiger partial charge < -0.3 is 15.5 Å². The molecular formula is C22H36N4O. The Kier molecular flexibility index (Phi) is 9.16. The van der Waals surface area contributed by atoms with Crippen molar-refractivity contribution in [3.05, 3.63) is 35.4 Å². The predicted molar refractivity (Wildman–Crippen MR) is 113 cm³/mol. The fourth-order valence-electron chi connectivity index (χ4n) is 3.59. The van der Waals surface area contributed by atoms with Crippen LogP contribution in [0.5, 0.6) is 0 Å². The smallest absolute Gasteiger partial charge is 0.253 e. The van der Waals surface area contributed by atoms with Gasteiger partial charge in [0.2, 0.25) is 0 Å². The van der Waals surface area contributed by atoms with Gasteiger partial charge in [-0.3, -0.25) is 4.79 Å². The van der Waals surface area contributed by atoms with Crippen LogP contribution in [-0.4, -0.2) is 44.0 Å². The first kappa shape index (κ1) is 21.3. The maximum Gasteiger partial charge on any atom is 0.253 e. The Morgan fingerprint density at radius 2 is 1.81 bits per heavy atom. The van der Waals surface area contributed by atoms with Crippen molar-refractivity contribution in [2.24, 2.45) is 10.9 Å². The minimum atomic E-state index is 0.0256. The lowest BCUT2D eigenvalue weighted by atomic mass is 10.0. The molecule has 1 fully saturated rings. The monoisotopic (exact) mass is 372 g/mol. The zero-order valence-corrected chi connectivity index (χ0v) is 17.3. The van der Waals surface area contributed by atoms with Gasteiger partial charge in [-0.15, -0.1) is 0 Å². The zero-order chi connectivity index (χ0) is 19.5. The van der Waals surface area contributed by atoms with Crippen molar-refractivity contribution in [1.29, 1.82) is 0 Å². The number of aliphatic imine (C=N–C) groups is 1. The molecule has 1 aromatic carbocycles. The Morgan fingerprint density at radius 3 is 2.44 bits per heavy atom. The van der Waals surface area contributed by atoms with Crippen LogP contribution < -0.4 is 10.6 Å². The molecule has 27 heavy (non-hydrogen) atoms. The van der Waals surface area contributed by atoms with Gasteiger partial charge in [-0.1, -0.05) is 50.7 Å². The average molecular weight is 373 g/mol. The topological polar surface area (TPSA) is 56.7 Å². The molecule has 0 aliphatic heterocycles. The van der Waals surface area contributed by atoms with E-state index in [2.05, 4.69) is 22.5 Å². The lowest BCUT2D eigenvalue weighted by molar-refractivity contribution is 0.0827. The van der Waals surface area contributed by atoms with Crippen molar-refractivity contribution >= 4 is 11.9 Å². The van der Waals surface area contributed by atoms with E-state index in [9.17, 15) is 4.79 Å². The molecule has 2 N–H and O–H groups in total. The molecular weight excluding hydrogens is 336 g/mol. The second-order valence-corrected chi connectivity index (χ2v) is 7.66. The highest BCUT2D eigenvalue weighted by Crippen LogP contribution is 2.28. The van der Waals surface area contributed by atoms with Crippen LogP contribution in [0.1, 0.15) is 67.8 Å². The number of hydrogen-bond acceptors (Lipinski definition) is 2. The van der Waals surface area contributed by atoms with Gasteiger partial charge in [-0.25, -0.2) is 4.99 Å². The Balaban J connectivity index is 1.75. The summed E-state index contributed by atoms with van der Waals surface area (Å²) >= 11 is 0. The quantitative estimate of drug-likeness (QED) is 0.394. The summed E-state index contributed by atoms with van der Waals surface area (Å²) < 4.78 is 0. The largest absolute Gasteiger partial charge is 0.357 e. The van der Waals surface area contributed by atoms with Crippen LogP contribution in [0.2, 0.25) is 0 Å². The average Bonchev–Trinajstić information content (AvgIpc) is 3.19. The molecule has 5 heteroatoms. The predicted octanol–water partition coefficient (Wildman–Crippen LogP) is 3.80. The van der Waals surface area contributed by atoms with E-state index in [4.69, 9.17) is 0 Å². The van der Waals surface area contributed by atoms with Crippen LogP contribution in [0.4, 0.5) is 0 Å². The molecule has 0 saturated heterocycles. The fraction of sp³-hybridized carbons (Fsp3) is 0.636. The number of hydrogen-bond donors (Lipinski definition) is 2. The molecule has 150 valence electrons. The van der Waals surface area contributed by atoms with E-state index >= 15 is 0 Å². The Bertz CT molecular complexity index is 589. The lowest BCUT2D eigenvalue weighted by Gasteiger charge is -2.13. The summed E-state index contributed by atoms with van der Waals surface area (Å²) in [4.78, 5) is 18.2. The third kappa shape index (κ3) is 7.61. The van der Waals surface area contributed by atoms with Crippen molar-refractivity contribution in [3.63, 3.8) is 0 Å². The molecule has 0 radical (unpaired) electrons. The van der Waals surface area contributed by atoms with Crippen molar-refractivity contribution in [2.45, 2.75) is 58.4 Å². The van der Waals surface area contributed by atoms with E-state index in [0.717, 1.165) is 30.5 Å². The number of unbranched alkanes of at least 4 members (excludes halogenated alkanes) is 1. The number of nitrogens with zero attached hydrogens (tertiary/aromatic N) is 2. The van der Waals surface area contributed by atoms with E-state index in [0.29, 0.717) is 12.1 Å². The summed E-state index contributed by atoms with van der Waals surface area (Å²) in [5.74, 6) is 1.87. The highest BCUT2D eigenvalue weighted by molar-refractivity contribution is 5.93. The summed E-state index contributed by atoms with van der Waals surface area (Å²) in [6.07, 6.45) is 9.63. The standard InChI is InChI=1S/C22H36N4O/c1-4-23-22(24-16-8-7-11-18-9-5-6-10-18)25-17-19-12-14-20(15-13-19)21(27)26(2)3/h12-15,18H,4-11,16-17H2,1-3H3,(H2,23,24,25). The second-order valence-electron chi connectivity index (χ2n) is 7.66. The van der Waals surface area contributed by atoms with Gasteiger partial charge in [0.1, 0.15) is 0 Å². The number of carbonyl (C=O) groups excluding carboxylic acids is 1. The van der Waals surface area contributed by atoms with Gasteiger partial charge in [0.15, 0.2) is 5.96 Å². The maximum atomic E-state index is 11.9. The first-order chi connectivity index (χ1) is 13.1. The number of guanidine groups is 1. The van der Waals surface area contributed by atoms with E-state index in [1.54, 1.807) is 19.0 Å². The maximum absolute atomic E-state index is 11.9. The number of amides is 1. The Hall–Kier alpha value is -2.04. The number of carbonyl (C=O) groups is 1. The minimum Gasteiger partial charge on any atom is -0.357 e. The Morgan fingerprint density at radius 1 is 1.11 bits per heavy atom. The molecule has 0 atom stereocenters. The molecule has 1 saturated carbocycles. The molecule has 1 amide bonds. The van der Waals surface area contributed by atoms with Gasteiger partial charge in [0, 0.05) is 32.7 Å². The second kappa shape index (κ2) is 11.6. The normalized spacial score (nSPS) is 15.0. The summed E-state index contributed by atoms with van der Waals surface area (Å²) in [6.45, 7) is 4.51. The minimum absolute atomic E-state index is 0.0256. The van der Waals surface area contributed by atoms with E-state index in [-0.39, 0.29) is 5.91 Å². The Labute approximate surface area is 164 Å². The summed E-state index contributed by atoms with van der Waals surface area (Å²) in [7, 11) is 3.53. The van der Waals surface area contributed by atoms with Crippen molar-refractivity contribution < 1.29 is 4.79 Å². The molecule has 5 nitrogen and oxygen atoms in total. The molecule has 1 aliphatic rings. The molecule has 1 aromatic rings. The van der Waals surface area contributed by atoms with Crippen LogP contribution in [-0.2, 0) is 6.54 Å². The molecule has 0 bridgehead atoms. The molecule has 0 unspecified atom stereocenters. The van der Waals surface area contributed by atoms with E-state index in [1.807, 2.05) is 24.3 Å². The number of rotatable bonds is 9. The highest BCUT2D eigenvalue weighted by Gasteiger charge is 2.13. The van der Waals surface area contributed by atoms with Crippen LogP contribution in [0.15, 0.2) is 29.3 Å².